The van der Waals surface area contributed by atoms with Crippen LogP contribution in [0.1, 0.15) is 37.1 Å². The Morgan fingerprint density at radius 3 is 3.17 bits per heavy atom. The number of rotatable bonds is 0. The molecular weight excluding hydrogens is 242 g/mol. The molecular formula is C15H19NOS. The highest BCUT2D eigenvalue weighted by Gasteiger charge is 2.26. The van der Waals surface area contributed by atoms with E-state index in [4.69, 9.17) is 9.73 Å². The smallest absolute Gasteiger partial charge is 0.149 e. The van der Waals surface area contributed by atoms with Crippen LogP contribution in [0, 0.1) is 11.8 Å². The number of thiophene rings is 1. The third-order valence-electron chi connectivity index (χ3n) is 4.06. The lowest BCUT2D eigenvalue weighted by atomic mass is 9.88. The standard InChI is InChI=1S/C15H19NOS/c1-10-4-3-7-16-14(11(10)2)15-12-6-9-18-13(12)5-8-17-15/h6-7,9-11H,3-5,8H2,1-2H3/b15-14-. The van der Waals surface area contributed by atoms with Crippen LogP contribution in [-0.4, -0.2) is 12.8 Å². The Hall–Kier alpha value is -1.09. The van der Waals surface area contributed by atoms with Gasteiger partial charge >= 0.3 is 0 Å². The van der Waals surface area contributed by atoms with E-state index < -0.39 is 0 Å². The zero-order chi connectivity index (χ0) is 12.5. The normalized spacial score (nSPS) is 31.7. The van der Waals surface area contributed by atoms with Gasteiger partial charge in [0.25, 0.3) is 0 Å². The minimum atomic E-state index is 0.476. The van der Waals surface area contributed by atoms with Crippen molar-refractivity contribution in [1.29, 1.82) is 0 Å². The second-order valence-corrected chi connectivity index (χ2v) is 6.23. The van der Waals surface area contributed by atoms with Gasteiger partial charge in [0, 0.05) is 29.0 Å². The average Bonchev–Trinajstić information content (AvgIpc) is 2.80. The third-order valence-corrected chi connectivity index (χ3v) is 5.05. The predicted molar refractivity (Wildman–Crippen MR) is 76.9 cm³/mol. The van der Waals surface area contributed by atoms with Crippen molar-refractivity contribution >= 4 is 23.3 Å². The van der Waals surface area contributed by atoms with Crippen LogP contribution in [0.4, 0.5) is 0 Å². The summed E-state index contributed by atoms with van der Waals surface area (Å²) in [7, 11) is 0. The van der Waals surface area contributed by atoms with Gasteiger partial charge in [-0.15, -0.1) is 11.3 Å². The van der Waals surface area contributed by atoms with Crippen LogP contribution in [0.5, 0.6) is 0 Å². The number of nitrogens with zero attached hydrogens (tertiary/aromatic N) is 1. The van der Waals surface area contributed by atoms with Crippen molar-refractivity contribution in [3.8, 4) is 0 Å². The fourth-order valence-electron chi connectivity index (χ4n) is 2.67. The van der Waals surface area contributed by atoms with Crippen molar-refractivity contribution in [2.75, 3.05) is 6.61 Å². The van der Waals surface area contributed by atoms with E-state index in [0.29, 0.717) is 11.8 Å². The number of allylic oxidation sites excluding steroid dienone is 1. The van der Waals surface area contributed by atoms with E-state index >= 15 is 0 Å². The second kappa shape index (κ2) is 4.88. The van der Waals surface area contributed by atoms with Crippen molar-refractivity contribution in [2.24, 2.45) is 16.8 Å². The molecule has 0 N–H and O–H groups in total. The highest BCUT2D eigenvalue weighted by atomic mass is 32.1. The predicted octanol–water partition coefficient (Wildman–Crippen LogP) is 4.13. The van der Waals surface area contributed by atoms with Gasteiger partial charge in [-0.25, -0.2) is 0 Å². The molecule has 2 aliphatic rings. The molecule has 0 fully saturated rings. The molecule has 2 atom stereocenters. The van der Waals surface area contributed by atoms with Gasteiger partial charge in [0.05, 0.1) is 12.3 Å². The molecule has 0 radical (unpaired) electrons. The molecule has 0 aliphatic carbocycles. The van der Waals surface area contributed by atoms with Gasteiger partial charge in [0.15, 0.2) is 0 Å². The molecule has 18 heavy (non-hydrogen) atoms. The number of hydrogen-bond acceptors (Lipinski definition) is 3. The van der Waals surface area contributed by atoms with E-state index in [1.165, 1.54) is 16.9 Å². The van der Waals surface area contributed by atoms with E-state index in [0.717, 1.165) is 30.9 Å². The molecule has 3 rings (SSSR count). The zero-order valence-corrected chi connectivity index (χ0v) is 11.8. The van der Waals surface area contributed by atoms with Gasteiger partial charge in [-0.3, -0.25) is 4.99 Å². The van der Waals surface area contributed by atoms with Gasteiger partial charge in [-0.2, -0.15) is 0 Å². The minimum Gasteiger partial charge on any atom is -0.491 e. The molecule has 96 valence electrons. The van der Waals surface area contributed by atoms with E-state index in [9.17, 15) is 0 Å². The summed E-state index contributed by atoms with van der Waals surface area (Å²) in [5.74, 6) is 2.18. The maximum atomic E-state index is 5.95. The molecule has 2 aliphatic heterocycles. The van der Waals surface area contributed by atoms with Crippen molar-refractivity contribution in [1.82, 2.24) is 0 Å². The fraction of sp³-hybridized carbons (Fsp3) is 0.533. The summed E-state index contributed by atoms with van der Waals surface area (Å²) < 4.78 is 5.95. The molecule has 2 unspecified atom stereocenters. The molecule has 2 nitrogen and oxygen atoms in total. The fourth-order valence-corrected chi connectivity index (χ4v) is 3.53. The van der Waals surface area contributed by atoms with Crippen LogP contribution < -0.4 is 0 Å². The lowest BCUT2D eigenvalue weighted by Gasteiger charge is -2.24. The van der Waals surface area contributed by atoms with Crippen LogP contribution in [-0.2, 0) is 11.2 Å². The van der Waals surface area contributed by atoms with Crippen LogP contribution in [0.15, 0.2) is 22.1 Å². The summed E-state index contributed by atoms with van der Waals surface area (Å²) >= 11 is 1.83. The molecule has 0 aromatic carbocycles. The lowest BCUT2D eigenvalue weighted by molar-refractivity contribution is 0.264. The number of aliphatic imine (C=N–C) groups is 1. The van der Waals surface area contributed by atoms with E-state index in [2.05, 4.69) is 31.5 Å². The largest absolute Gasteiger partial charge is 0.491 e. The first kappa shape index (κ1) is 12.0. The van der Waals surface area contributed by atoms with Crippen LogP contribution in [0.2, 0.25) is 0 Å². The van der Waals surface area contributed by atoms with Gasteiger partial charge in [-0.05, 0) is 30.2 Å². The number of fused-ring (bicyclic) bond motifs is 1. The Morgan fingerprint density at radius 1 is 1.39 bits per heavy atom. The summed E-state index contributed by atoms with van der Waals surface area (Å²) in [4.78, 5) is 6.14. The first-order valence-electron chi connectivity index (χ1n) is 6.73. The Morgan fingerprint density at radius 2 is 2.28 bits per heavy atom. The van der Waals surface area contributed by atoms with E-state index in [1.807, 2.05) is 11.3 Å². The van der Waals surface area contributed by atoms with E-state index in [1.54, 1.807) is 0 Å². The van der Waals surface area contributed by atoms with Crippen molar-refractivity contribution in [3.63, 3.8) is 0 Å². The summed E-state index contributed by atoms with van der Waals surface area (Å²) in [6, 6.07) is 2.18. The molecule has 0 amide bonds. The first-order valence-corrected chi connectivity index (χ1v) is 7.61. The molecule has 1 aromatic rings. The molecule has 3 heteroatoms. The SMILES string of the molecule is CC1CCC=N/C(=C2\OCCc3sccc32)C1C. The monoisotopic (exact) mass is 261 g/mol. The molecule has 0 bridgehead atoms. The van der Waals surface area contributed by atoms with Crippen LogP contribution >= 0.6 is 11.3 Å². The van der Waals surface area contributed by atoms with Gasteiger partial charge in [0.1, 0.15) is 5.76 Å². The maximum Gasteiger partial charge on any atom is 0.149 e. The number of ether oxygens (including phenoxy) is 1. The summed E-state index contributed by atoms with van der Waals surface area (Å²) in [6.45, 7) is 5.39. The highest BCUT2D eigenvalue weighted by molar-refractivity contribution is 7.10. The van der Waals surface area contributed by atoms with Crippen LogP contribution in [0.3, 0.4) is 0 Å². The quantitative estimate of drug-likeness (QED) is 0.688. The maximum absolute atomic E-state index is 5.95. The summed E-state index contributed by atoms with van der Waals surface area (Å²) in [6.07, 6.45) is 5.40. The highest BCUT2D eigenvalue weighted by Crippen LogP contribution is 2.38. The van der Waals surface area contributed by atoms with Crippen molar-refractivity contribution < 1.29 is 4.74 Å². The molecule has 0 spiro atoms. The van der Waals surface area contributed by atoms with E-state index in [-0.39, 0.29) is 0 Å². The van der Waals surface area contributed by atoms with Crippen LogP contribution in [0.25, 0.3) is 5.76 Å². The number of hydrogen-bond donors (Lipinski definition) is 0. The Bertz CT molecular complexity index is 500. The van der Waals surface area contributed by atoms with Crippen molar-refractivity contribution in [2.45, 2.75) is 33.1 Å². The zero-order valence-electron chi connectivity index (χ0n) is 11.0. The summed E-state index contributed by atoms with van der Waals surface area (Å²) in [5.41, 5.74) is 2.43. The van der Waals surface area contributed by atoms with Gasteiger partial charge < -0.3 is 4.74 Å². The topological polar surface area (TPSA) is 21.6 Å². The molecule has 1 aromatic heterocycles. The van der Waals surface area contributed by atoms with Gasteiger partial charge in [-0.1, -0.05) is 13.8 Å². The van der Waals surface area contributed by atoms with Gasteiger partial charge in [0.2, 0.25) is 0 Å². The second-order valence-electron chi connectivity index (χ2n) is 5.23. The molecule has 0 saturated carbocycles. The molecule has 0 saturated heterocycles. The lowest BCUT2D eigenvalue weighted by Crippen LogP contribution is -2.14. The Balaban J connectivity index is 2.09. The molecule has 3 heterocycles. The van der Waals surface area contributed by atoms with Crippen molar-refractivity contribution in [3.05, 3.63) is 27.6 Å². The average molecular weight is 261 g/mol. The first-order chi connectivity index (χ1) is 8.77. The third kappa shape index (κ3) is 2.01. The summed E-state index contributed by atoms with van der Waals surface area (Å²) in [5, 5.41) is 2.16. The Kier molecular flexibility index (Phi) is 3.25. The Labute approximate surface area is 112 Å². The minimum absolute atomic E-state index is 0.476.